The first-order chi connectivity index (χ1) is 8.31. The monoisotopic (exact) mass is 235 g/mol. The summed E-state index contributed by atoms with van der Waals surface area (Å²) in [5, 5.41) is 3.33. The smallest absolute Gasteiger partial charge is 0.311 e. The lowest BCUT2D eigenvalue weighted by Crippen LogP contribution is -2.35. The molecule has 3 nitrogen and oxygen atoms in total. The molecule has 0 bridgehead atoms. The third-order valence-corrected chi connectivity index (χ3v) is 3.39. The molecule has 2 aliphatic rings. The van der Waals surface area contributed by atoms with Crippen molar-refractivity contribution >= 4 is 5.97 Å². The maximum Gasteiger partial charge on any atom is 0.311 e. The SMILES string of the molecule is CCCCOC(=O)C1CNC2=C(CCC=C2)C1. The predicted octanol–water partition coefficient (Wildman–Crippen LogP) is 2.54. The van der Waals surface area contributed by atoms with Crippen molar-refractivity contribution < 1.29 is 9.53 Å². The van der Waals surface area contributed by atoms with Crippen LogP contribution in [0.5, 0.6) is 0 Å². The maximum atomic E-state index is 11.8. The van der Waals surface area contributed by atoms with Gasteiger partial charge in [-0.25, -0.2) is 0 Å². The fourth-order valence-electron chi connectivity index (χ4n) is 2.31. The Labute approximate surface area is 103 Å². The van der Waals surface area contributed by atoms with Gasteiger partial charge >= 0.3 is 5.97 Å². The minimum absolute atomic E-state index is 0.0112. The molecular formula is C14H21NO2. The molecule has 0 saturated heterocycles. The molecule has 1 aliphatic carbocycles. The van der Waals surface area contributed by atoms with Gasteiger partial charge in [0.15, 0.2) is 0 Å². The molecule has 1 unspecified atom stereocenters. The average molecular weight is 235 g/mol. The van der Waals surface area contributed by atoms with Crippen LogP contribution in [0.15, 0.2) is 23.4 Å². The fourth-order valence-corrected chi connectivity index (χ4v) is 2.31. The lowest BCUT2D eigenvalue weighted by molar-refractivity contribution is -0.148. The van der Waals surface area contributed by atoms with Gasteiger partial charge in [-0.15, -0.1) is 0 Å². The molecule has 0 amide bonds. The zero-order valence-corrected chi connectivity index (χ0v) is 10.5. The van der Waals surface area contributed by atoms with Crippen molar-refractivity contribution in [1.82, 2.24) is 5.32 Å². The molecule has 94 valence electrons. The molecule has 0 aromatic carbocycles. The standard InChI is InChI=1S/C14H21NO2/c1-2-3-8-17-14(16)12-9-11-6-4-5-7-13(11)15-10-12/h5,7,12,15H,2-4,6,8-10H2,1H3. The molecule has 1 N–H and O–H groups in total. The van der Waals surface area contributed by atoms with Crippen molar-refractivity contribution in [2.24, 2.45) is 5.92 Å². The second-order valence-corrected chi connectivity index (χ2v) is 4.76. The van der Waals surface area contributed by atoms with Gasteiger partial charge in [-0.3, -0.25) is 4.79 Å². The molecule has 1 heterocycles. The molecule has 0 fully saturated rings. The van der Waals surface area contributed by atoms with Crippen LogP contribution >= 0.6 is 0 Å². The minimum atomic E-state index is -0.0351. The molecule has 17 heavy (non-hydrogen) atoms. The molecule has 1 atom stereocenters. The van der Waals surface area contributed by atoms with Gasteiger partial charge in [-0.2, -0.15) is 0 Å². The Bertz CT molecular complexity index is 344. The quantitative estimate of drug-likeness (QED) is 0.601. The zero-order valence-electron chi connectivity index (χ0n) is 10.5. The van der Waals surface area contributed by atoms with Crippen LogP contribution in [0.2, 0.25) is 0 Å². The molecule has 3 heteroatoms. The number of rotatable bonds is 4. The number of carbonyl (C=O) groups is 1. The van der Waals surface area contributed by atoms with Gasteiger partial charge in [0.05, 0.1) is 12.5 Å². The second kappa shape index (κ2) is 5.89. The highest BCUT2D eigenvalue weighted by Crippen LogP contribution is 2.28. The van der Waals surface area contributed by atoms with E-state index < -0.39 is 0 Å². The molecule has 2 rings (SSSR count). The predicted molar refractivity (Wildman–Crippen MR) is 67.4 cm³/mol. The number of hydrogen-bond acceptors (Lipinski definition) is 3. The fraction of sp³-hybridized carbons (Fsp3) is 0.643. The number of hydrogen-bond donors (Lipinski definition) is 1. The van der Waals surface area contributed by atoms with Crippen molar-refractivity contribution in [1.29, 1.82) is 0 Å². The summed E-state index contributed by atoms with van der Waals surface area (Å²) in [6.45, 7) is 3.38. The van der Waals surface area contributed by atoms with E-state index in [1.165, 1.54) is 11.3 Å². The van der Waals surface area contributed by atoms with Crippen molar-refractivity contribution in [3.63, 3.8) is 0 Å². The van der Waals surface area contributed by atoms with E-state index in [0.717, 1.165) is 32.1 Å². The Morgan fingerprint density at radius 2 is 2.47 bits per heavy atom. The van der Waals surface area contributed by atoms with Crippen LogP contribution in [-0.4, -0.2) is 19.1 Å². The summed E-state index contributed by atoms with van der Waals surface area (Å²) in [7, 11) is 0. The van der Waals surface area contributed by atoms with E-state index in [1.807, 2.05) is 0 Å². The summed E-state index contributed by atoms with van der Waals surface area (Å²) in [4.78, 5) is 11.8. The Kier molecular flexibility index (Phi) is 4.24. The molecule has 0 spiro atoms. The largest absolute Gasteiger partial charge is 0.465 e. The van der Waals surface area contributed by atoms with E-state index >= 15 is 0 Å². The normalized spacial score (nSPS) is 23.0. The lowest BCUT2D eigenvalue weighted by Gasteiger charge is -2.28. The average Bonchev–Trinajstić information content (AvgIpc) is 2.38. The molecule has 0 aromatic heterocycles. The van der Waals surface area contributed by atoms with Gasteiger partial charge in [-0.1, -0.05) is 19.4 Å². The van der Waals surface area contributed by atoms with Gasteiger partial charge in [0.2, 0.25) is 0 Å². The van der Waals surface area contributed by atoms with E-state index in [2.05, 4.69) is 24.4 Å². The van der Waals surface area contributed by atoms with Gasteiger partial charge in [0.25, 0.3) is 0 Å². The molecular weight excluding hydrogens is 214 g/mol. The summed E-state index contributed by atoms with van der Waals surface area (Å²) in [6, 6.07) is 0. The van der Waals surface area contributed by atoms with Crippen molar-refractivity contribution in [2.45, 2.75) is 39.0 Å². The number of ether oxygens (including phenoxy) is 1. The van der Waals surface area contributed by atoms with Crippen LogP contribution in [0.3, 0.4) is 0 Å². The number of esters is 1. The van der Waals surface area contributed by atoms with Crippen molar-refractivity contribution in [3.05, 3.63) is 23.4 Å². The molecule has 0 radical (unpaired) electrons. The van der Waals surface area contributed by atoms with Crippen LogP contribution in [0, 0.1) is 5.92 Å². The van der Waals surface area contributed by atoms with Crippen LogP contribution in [-0.2, 0) is 9.53 Å². The Morgan fingerprint density at radius 3 is 3.29 bits per heavy atom. The van der Waals surface area contributed by atoms with E-state index in [0.29, 0.717) is 13.2 Å². The summed E-state index contributed by atoms with van der Waals surface area (Å²) in [5.74, 6) is -0.0239. The highest BCUT2D eigenvalue weighted by Gasteiger charge is 2.27. The Hall–Kier alpha value is -1.25. The first-order valence-electron chi connectivity index (χ1n) is 6.60. The summed E-state index contributed by atoms with van der Waals surface area (Å²) in [6.07, 6.45) is 9.40. The summed E-state index contributed by atoms with van der Waals surface area (Å²) >= 11 is 0. The highest BCUT2D eigenvalue weighted by molar-refractivity contribution is 5.73. The van der Waals surface area contributed by atoms with Gasteiger partial charge < -0.3 is 10.1 Å². The highest BCUT2D eigenvalue weighted by atomic mass is 16.5. The summed E-state index contributed by atoms with van der Waals surface area (Å²) < 4.78 is 5.28. The third-order valence-electron chi connectivity index (χ3n) is 3.39. The first kappa shape index (κ1) is 12.2. The topological polar surface area (TPSA) is 38.3 Å². The van der Waals surface area contributed by atoms with Crippen LogP contribution in [0.25, 0.3) is 0 Å². The van der Waals surface area contributed by atoms with Crippen LogP contribution < -0.4 is 5.32 Å². The third kappa shape index (κ3) is 3.11. The molecule has 0 saturated carbocycles. The van der Waals surface area contributed by atoms with E-state index in [9.17, 15) is 4.79 Å². The summed E-state index contributed by atoms with van der Waals surface area (Å²) in [5.41, 5.74) is 2.62. The van der Waals surface area contributed by atoms with Gasteiger partial charge in [0.1, 0.15) is 0 Å². The maximum absolute atomic E-state index is 11.8. The number of allylic oxidation sites excluding steroid dienone is 3. The van der Waals surface area contributed by atoms with E-state index in [-0.39, 0.29) is 11.9 Å². The molecule has 0 aromatic rings. The van der Waals surface area contributed by atoms with Crippen molar-refractivity contribution in [2.75, 3.05) is 13.2 Å². The minimum Gasteiger partial charge on any atom is -0.465 e. The van der Waals surface area contributed by atoms with Crippen LogP contribution in [0.1, 0.15) is 39.0 Å². The van der Waals surface area contributed by atoms with Crippen LogP contribution in [0.4, 0.5) is 0 Å². The number of unbranched alkanes of at least 4 members (excludes halogenated alkanes) is 1. The first-order valence-corrected chi connectivity index (χ1v) is 6.60. The second-order valence-electron chi connectivity index (χ2n) is 4.76. The Balaban J connectivity index is 1.86. The lowest BCUT2D eigenvalue weighted by atomic mass is 9.89. The van der Waals surface area contributed by atoms with Crippen molar-refractivity contribution in [3.8, 4) is 0 Å². The molecule has 1 aliphatic heterocycles. The van der Waals surface area contributed by atoms with E-state index in [1.54, 1.807) is 0 Å². The zero-order chi connectivity index (χ0) is 12.1. The van der Waals surface area contributed by atoms with E-state index in [4.69, 9.17) is 4.74 Å². The van der Waals surface area contributed by atoms with Gasteiger partial charge in [0, 0.05) is 12.2 Å². The number of nitrogens with one attached hydrogen (secondary N) is 1. The van der Waals surface area contributed by atoms with Gasteiger partial charge in [-0.05, 0) is 37.3 Å². The Morgan fingerprint density at radius 1 is 1.59 bits per heavy atom. The number of carbonyl (C=O) groups excluding carboxylic acids is 1.